The maximum Gasteiger partial charge on any atom is 0.137 e. The van der Waals surface area contributed by atoms with Gasteiger partial charge in [0.15, 0.2) is 0 Å². The predicted molar refractivity (Wildman–Crippen MR) is 60.8 cm³/mol. The first kappa shape index (κ1) is 11.2. The lowest BCUT2D eigenvalue weighted by atomic mass is 10.0. The first-order chi connectivity index (χ1) is 6.13. The minimum absolute atomic E-state index is 0.199. The van der Waals surface area contributed by atoms with Crippen molar-refractivity contribution >= 4 is 31.9 Å². The van der Waals surface area contributed by atoms with Crippen molar-refractivity contribution < 1.29 is 4.39 Å². The van der Waals surface area contributed by atoms with Crippen molar-refractivity contribution in [2.24, 2.45) is 5.92 Å². The van der Waals surface area contributed by atoms with Crippen LogP contribution in [0.2, 0.25) is 0 Å². The van der Waals surface area contributed by atoms with E-state index >= 15 is 0 Å². The van der Waals surface area contributed by atoms with Gasteiger partial charge >= 0.3 is 0 Å². The second-order valence-electron chi connectivity index (χ2n) is 3.21. The van der Waals surface area contributed by atoms with Gasteiger partial charge in [-0.3, -0.25) is 0 Å². The molecule has 0 saturated carbocycles. The Labute approximate surface area is 94.8 Å². The number of benzene rings is 1. The fourth-order valence-corrected chi connectivity index (χ4v) is 1.78. The van der Waals surface area contributed by atoms with E-state index in [1.54, 1.807) is 0 Å². The van der Waals surface area contributed by atoms with Gasteiger partial charge in [0.2, 0.25) is 0 Å². The molecule has 0 saturated heterocycles. The Hall–Kier alpha value is 0.110. The molecule has 1 aromatic carbocycles. The molecule has 1 aromatic rings. The van der Waals surface area contributed by atoms with E-state index in [9.17, 15) is 4.39 Å². The highest BCUT2D eigenvalue weighted by molar-refractivity contribution is 9.10. The quantitative estimate of drug-likeness (QED) is 0.735. The smallest absolute Gasteiger partial charge is 0.137 e. The summed E-state index contributed by atoms with van der Waals surface area (Å²) in [5.41, 5.74) is 1.17. The van der Waals surface area contributed by atoms with Gasteiger partial charge in [0.1, 0.15) is 5.82 Å². The third-order valence-electron chi connectivity index (χ3n) is 1.83. The van der Waals surface area contributed by atoms with Crippen LogP contribution in [0.3, 0.4) is 0 Å². The molecule has 0 nitrogen and oxygen atoms in total. The summed E-state index contributed by atoms with van der Waals surface area (Å²) in [6, 6.07) is 5.17. The van der Waals surface area contributed by atoms with Gasteiger partial charge in [-0.1, -0.05) is 28.9 Å². The molecule has 72 valence electrons. The molecule has 0 aliphatic carbocycles. The summed E-state index contributed by atoms with van der Waals surface area (Å²) in [5.74, 6) is 0.382. The Kier molecular flexibility index (Phi) is 4.39. The van der Waals surface area contributed by atoms with Gasteiger partial charge in [0.05, 0.1) is 4.47 Å². The van der Waals surface area contributed by atoms with Gasteiger partial charge in [-0.25, -0.2) is 4.39 Å². The van der Waals surface area contributed by atoms with Crippen LogP contribution in [0.25, 0.3) is 0 Å². The predicted octanol–water partition coefficient (Wildman–Crippen LogP) is 4.16. The zero-order valence-electron chi connectivity index (χ0n) is 7.36. The Morgan fingerprint density at radius 3 is 2.69 bits per heavy atom. The third kappa shape index (κ3) is 3.39. The first-order valence-electron chi connectivity index (χ1n) is 4.13. The molecule has 1 unspecified atom stereocenters. The number of hydrogen-bond acceptors (Lipinski definition) is 0. The van der Waals surface area contributed by atoms with E-state index in [-0.39, 0.29) is 5.82 Å². The number of alkyl halides is 1. The normalized spacial score (nSPS) is 12.9. The molecule has 1 rings (SSSR count). The molecule has 0 aromatic heterocycles. The summed E-state index contributed by atoms with van der Waals surface area (Å²) in [5, 5.41) is 0.974. The Morgan fingerprint density at radius 2 is 2.15 bits per heavy atom. The van der Waals surface area contributed by atoms with Crippen molar-refractivity contribution in [2.75, 3.05) is 5.33 Å². The van der Waals surface area contributed by atoms with Gasteiger partial charge in [0.25, 0.3) is 0 Å². The first-order valence-corrected chi connectivity index (χ1v) is 6.05. The number of halogens is 3. The highest BCUT2D eigenvalue weighted by atomic mass is 79.9. The fourth-order valence-electron chi connectivity index (χ4n) is 1.12. The summed E-state index contributed by atoms with van der Waals surface area (Å²) in [4.78, 5) is 0. The fraction of sp³-hybridized carbons (Fsp3) is 0.400. The lowest BCUT2D eigenvalue weighted by Gasteiger charge is -2.07. The molecule has 0 N–H and O–H groups in total. The van der Waals surface area contributed by atoms with Crippen molar-refractivity contribution in [3.05, 3.63) is 34.1 Å². The second kappa shape index (κ2) is 5.11. The van der Waals surface area contributed by atoms with E-state index in [1.165, 1.54) is 11.6 Å². The third-order valence-corrected chi connectivity index (χ3v) is 3.54. The van der Waals surface area contributed by atoms with Crippen LogP contribution >= 0.6 is 31.9 Å². The molecule has 0 radical (unpaired) electrons. The molecular weight excluding hydrogens is 299 g/mol. The van der Waals surface area contributed by atoms with Crippen LogP contribution in [0, 0.1) is 11.7 Å². The summed E-state index contributed by atoms with van der Waals surface area (Å²) >= 11 is 6.59. The molecule has 13 heavy (non-hydrogen) atoms. The van der Waals surface area contributed by atoms with E-state index in [1.807, 2.05) is 12.1 Å². The summed E-state index contributed by atoms with van der Waals surface area (Å²) < 4.78 is 13.4. The van der Waals surface area contributed by atoms with Gasteiger partial charge in [0, 0.05) is 5.33 Å². The highest BCUT2D eigenvalue weighted by Crippen LogP contribution is 2.19. The maximum atomic E-state index is 12.9. The summed E-state index contributed by atoms with van der Waals surface area (Å²) in [7, 11) is 0. The molecule has 0 amide bonds. The van der Waals surface area contributed by atoms with Gasteiger partial charge in [-0.2, -0.15) is 0 Å². The summed E-state index contributed by atoms with van der Waals surface area (Å²) in [6.07, 6.45) is 0.976. The molecule has 3 heteroatoms. The highest BCUT2D eigenvalue weighted by Gasteiger charge is 2.04. The largest absolute Gasteiger partial charge is 0.206 e. The van der Waals surface area contributed by atoms with Crippen molar-refractivity contribution in [3.8, 4) is 0 Å². The van der Waals surface area contributed by atoms with Gasteiger partial charge < -0.3 is 0 Å². The summed E-state index contributed by atoms with van der Waals surface area (Å²) in [6.45, 7) is 2.16. The molecule has 0 fully saturated rings. The van der Waals surface area contributed by atoms with Crippen LogP contribution in [-0.2, 0) is 6.42 Å². The van der Waals surface area contributed by atoms with Crippen molar-refractivity contribution in [1.29, 1.82) is 0 Å². The van der Waals surface area contributed by atoms with E-state index < -0.39 is 0 Å². The standard InChI is InChI=1S/C10H11Br2F/c1-7(6-11)4-8-2-3-10(13)9(12)5-8/h2-3,5,7H,4,6H2,1H3. The van der Waals surface area contributed by atoms with Crippen LogP contribution in [0.1, 0.15) is 12.5 Å². The van der Waals surface area contributed by atoms with Crippen LogP contribution in [0.4, 0.5) is 4.39 Å². The van der Waals surface area contributed by atoms with Gasteiger partial charge in [-0.15, -0.1) is 0 Å². The van der Waals surface area contributed by atoms with Gasteiger partial charge in [-0.05, 0) is 46.0 Å². The lowest BCUT2D eigenvalue weighted by molar-refractivity contribution is 0.616. The van der Waals surface area contributed by atoms with Crippen molar-refractivity contribution in [3.63, 3.8) is 0 Å². The zero-order chi connectivity index (χ0) is 9.84. The minimum Gasteiger partial charge on any atom is -0.206 e. The second-order valence-corrected chi connectivity index (χ2v) is 4.71. The molecule has 0 bridgehead atoms. The Balaban J connectivity index is 2.73. The zero-order valence-corrected chi connectivity index (χ0v) is 10.5. The van der Waals surface area contributed by atoms with E-state index in [2.05, 4.69) is 38.8 Å². The SMILES string of the molecule is CC(CBr)Cc1ccc(F)c(Br)c1. The monoisotopic (exact) mass is 308 g/mol. The minimum atomic E-state index is -0.199. The maximum absolute atomic E-state index is 12.9. The van der Waals surface area contributed by atoms with Crippen molar-refractivity contribution in [2.45, 2.75) is 13.3 Å². The Bertz CT molecular complexity index is 286. The average Bonchev–Trinajstić information content (AvgIpc) is 2.11. The topological polar surface area (TPSA) is 0 Å². The van der Waals surface area contributed by atoms with Crippen LogP contribution in [0.5, 0.6) is 0 Å². The molecule has 0 aliphatic heterocycles. The van der Waals surface area contributed by atoms with E-state index in [4.69, 9.17) is 0 Å². The number of hydrogen-bond donors (Lipinski definition) is 0. The van der Waals surface area contributed by atoms with Crippen LogP contribution in [-0.4, -0.2) is 5.33 Å². The number of rotatable bonds is 3. The molecule has 0 heterocycles. The molecule has 1 atom stereocenters. The average molecular weight is 310 g/mol. The molecular formula is C10H11Br2F. The molecule has 0 spiro atoms. The van der Waals surface area contributed by atoms with E-state index in [0.717, 1.165) is 11.8 Å². The van der Waals surface area contributed by atoms with Crippen molar-refractivity contribution in [1.82, 2.24) is 0 Å². The molecule has 0 aliphatic rings. The Morgan fingerprint density at radius 1 is 1.46 bits per heavy atom. The van der Waals surface area contributed by atoms with E-state index in [0.29, 0.717) is 10.4 Å². The lowest BCUT2D eigenvalue weighted by Crippen LogP contribution is -2.00. The van der Waals surface area contributed by atoms with Crippen LogP contribution < -0.4 is 0 Å². The van der Waals surface area contributed by atoms with Crippen LogP contribution in [0.15, 0.2) is 22.7 Å².